The predicted molar refractivity (Wildman–Crippen MR) is 137 cm³/mol. The number of aryl methyl sites for hydroxylation is 2. The van der Waals surface area contributed by atoms with Crippen LogP contribution in [0.4, 0.5) is 0 Å². The summed E-state index contributed by atoms with van der Waals surface area (Å²) in [6.45, 7) is 14.7. The van der Waals surface area contributed by atoms with Crippen molar-refractivity contribution in [1.82, 2.24) is 0 Å². The van der Waals surface area contributed by atoms with E-state index in [-0.39, 0.29) is 5.41 Å². The zero-order valence-electron chi connectivity index (χ0n) is 21.8. The minimum absolute atomic E-state index is 0.282. The Morgan fingerprint density at radius 2 is 1.79 bits per heavy atom. The maximum atomic E-state index is 10.9. The van der Waals surface area contributed by atoms with Gasteiger partial charge in [0.05, 0.1) is 12.2 Å². The zero-order valence-corrected chi connectivity index (χ0v) is 21.8. The Labute approximate surface area is 202 Å². The Morgan fingerprint density at radius 1 is 1.00 bits per heavy atom. The summed E-state index contributed by atoms with van der Waals surface area (Å²) in [4.78, 5) is 0. The van der Waals surface area contributed by atoms with Gasteiger partial charge < -0.3 is 9.84 Å². The number of fused-ring (bicyclic) bond motifs is 5. The number of aliphatic hydroxyl groups is 1. The van der Waals surface area contributed by atoms with Gasteiger partial charge in [0.1, 0.15) is 0 Å². The van der Waals surface area contributed by atoms with Gasteiger partial charge in [-0.05, 0) is 141 Å². The van der Waals surface area contributed by atoms with Gasteiger partial charge in [0.25, 0.3) is 0 Å². The highest BCUT2D eigenvalue weighted by molar-refractivity contribution is 5.67. The summed E-state index contributed by atoms with van der Waals surface area (Å²) in [5, 5.41) is 10.9. The van der Waals surface area contributed by atoms with Gasteiger partial charge in [-0.2, -0.15) is 0 Å². The molecule has 5 rings (SSSR count). The number of allylic oxidation sites excluding steroid dienone is 1. The van der Waals surface area contributed by atoms with Gasteiger partial charge in [0.2, 0.25) is 0 Å². The van der Waals surface area contributed by atoms with Crippen LogP contribution in [0.2, 0.25) is 0 Å². The van der Waals surface area contributed by atoms with Crippen LogP contribution in [0.15, 0.2) is 24.8 Å². The van der Waals surface area contributed by atoms with Crippen LogP contribution < -0.4 is 0 Å². The molecule has 8 atom stereocenters. The van der Waals surface area contributed by atoms with E-state index >= 15 is 0 Å². The summed E-state index contributed by atoms with van der Waals surface area (Å²) in [5.41, 5.74) is 5.67. The van der Waals surface area contributed by atoms with Crippen molar-refractivity contribution in [3.8, 4) is 0 Å². The summed E-state index contributed by atoms with van der Waals surface area (Å²) in [6, 6.07) is 6.95. The highest BCUT2D eigenvalue weighted by Gasteiger charge is 2.62. The molecule has 1 aromatic carbocycles. The van der Waals surface area contributed by atoms with Crippen LogP contribution in [0.25, 0.3) is 5.57 Å². The van der Waals surface area contributed by atoms with Gasteiger partial charge in [0.15, 0.2) is 0 Å². The first-order valence-corrected chi connectivity index (χ1v) is 13.6. The molecule has 4 saturated carbocycles. The molecule has 2 nitrogen and oxygen atoms in total. The second-order valence-corrected chi connectivity index (χ2v) is 13.0. The SMILES string of the molecule is C=C(c1ccc(C)c(C)c1)C1CC[C@H]2C3CCC4C[C@](C)(O)CCC4(COC)[C@H]3CCC12C. The molecule has 0 radical (unpaired) electrons. The average Bonchev–Trinajstić information content (AvgIpc) is 3.12. The van der Waals surface area contributed by atoms with E-state index in [1.54, 1.807) is 0 Å². The van der Waals surface area contributed by atoms with Crippen LogP contribution >= 0.6 is 0 Å². The molecule has 5 unspecified atom stereocenters. The van der Waals surface area contributed by atoms with Crippen LogP contribution in [-0.4, -0.2) is 24.4 Å². The van der Waals surface area contributed by atoms with Crippen LogP contribution in [-0.2, 0) is 4.74 Å². The number of hydrogen-bond donors (Lipinski definition) is 1. The number of methoxy groups -OCH3 is 1. The minimum atomic E-state index is -0.486. The summed E-state index contributed by atoms with van der Waals surface area (Å²) < 4.78 is 5.94. The molecule has 182 valence electrons. The molecule has 0 aliphatic heterocycles. The Bertz CT molecular complexity index is 915. The van der Waals surface area contributed by atoms with E-state index in [0.717, 1.165) is 43.6 Å². The lowest BCUT2D eigenvalue weighted by atomic mass is 9.43. The molecule has 0 bridgehead atoms. The first-order valence-electron chi connectivity index (χ1n) is 13.6. The van der Waals surface area contributed by atoms with E-state index in [4.69, 9.17) is 11.3 Å². The number of hydrogen-bond acceptors (Lipinski definition) is 2. The van der Waals surface area contributed by atoms with Crippen molar-refractivity contribution in [1.29, 1.82) is 0 Å². The topological polar surface area (TPSA) is 29.5 Å². The van der Waals surface area contributed by atoms with E-state index in [2.05, 4.69) is 45.9 Å². The fourth-order valence-electron chi connectivity index (χ4n) is 9.50. The molecule has 1 aromatic rings. The van der Waals surface area contributed by atoms with Gasteiger partial charge in [-0.3, -0.25) is 0 Å². The van der Waals surface area contributed by atoms with Crippen molar-refractivity contribution in [2.75, 3.05) is 13.7 Å². The third kappa shape index (κ3) is 3.66. The Morgan fingerprint density at radius 3 is 2.52 bits per heavy atom. The molecule has 33 heavy (non-hydrogen) atoms. The second kappa shape index (κ2) is 8.23. The zero-order chi connectivity index (χ0) is 23.6. The molecule has 4 aliphatic rings. The highest BCUT2D eigenvalue weighted by Crippen LogP contribution is 2.69. The van der Waals surface area contributed by atoms with Gasteiger partial charge in [-0.15, -0.1) is 0 Å². The monoisotopic (exact) mass is 450 g/mol. The standard InChI is InChI=1S/C31H46O2/c1-20-7-8-23(17-21(20)2)22(3)26-11-12-27-25-10-9-24-18-29(4,32)15-16-31(24,19-33-6)28(25)13-14-30(26,27)5/h7-8,17,24-28,32H,3,9-16,18-19H2,1-2,4-6H3/t24?,25?,26?,27-,28-,29+,30?,31?/m0/s1. The number of benzene rings is 1. The average molecular weight is 451 g/mol. The van der Waals surface area contributed by atoms with Crippen molar-refractivity contribution in [2.24, 2.45) is 40.4 Å². The van der Waals surface area contributed by atoms with E-state index < -0.39 is 5.60 Å². The maximum Gasteiger partial charge on any atom is 0.0622 e. The quantitative estimate of drug-likeness (QED) is 0.519. The molecule has 4 fully saturated rings. The van der Waals surface area contributed by atoms with Crippen molar-refractivity contribution in [3.63, 3.8) is 0 Å². The third-order valence-corrected chi connectivity index (χ3v) is 11.4. The smallest absolute Gasteiger partial charge is 0.0622 e. The minimum Gasteiger partial charge on any atom is -0.390 e. The van der Waals surface area contributed by atoms with Gasteiger partial charge in [0, 0.05) is 7.11 Å². The predicted octanol–water partition coefficient (Wildman–Crippen LogP) is 7.35. The molecular weight excluding hydrogens is 404 g/mol. The van der Waals surface area contributed by atoms with Crippen molar-refractivity contribution in [3.05, 3.63) is 41.5 Å². The van der Waals surface area contributed by atoms with Crippen LogP contribution in [0, 0.1) is 54.3 Å². The third-order valence-electron chi connectivity index (χ3n) is 11.4. The van der Waals surface area contributed by atoms with Gasteiger partial charge >= 0.3 is 0 Å². The van der Waals surface area contributed by atoms with Crippen molar-refractivity contribution < 1.29 is 9.84 Å². The molecule has 0 heterocycles. The van der Waals surface area contributed by atoms with Crippen molar-refractivity contribution >= 4 is 5.57 Å². The van der Waals surface area contributed by atoms with E-state index in [1.165, 1.54) is 60.8 Å². The second-order valence-electron chi connectivity index (χ2n) is 13.0. The van der Waals surface area contributed by atoms with Gasteiger partial charge in [-0.1, -0.05) is 31.7 Å². The first-order chi connectivity index (χ1) is 15.6. The Kier molecular flexibility index (Phi) is 5.89. The lowest BCUT2D eigenvalue weighted by Gasteiger charge is -2.62. The summed E-state index contributed by atoms with van der Waals surface area (Å²) in [5.74, 6) is 3.61. The summed E-state index contributed by atoms with van der Waals surface area (Å²) in [6.07, 6.45) is 11.0. The highest BCUT2D eigenvalue weighted by atomic mass is 16.5. The molecule has 0 aromatic heterocycles. The summed E-state index contributed by atoms with van der Waals surface area (Å²) in [7, 11) is 1.90. The maximum absolute atomic E-state index is 10.9. The van der Waals surface area contributed by atoms with Crippen molar-refractivity contribution in [2.45, 2.75) is 91.1 Å². The molecule has 4 aliphatic carbocycles. The molecule has 1 N–H and O–H groups in total. The number of rotatable bonds is 4. The van der Waals surface area contributed by atoms with E-state index in [9.17, 15) is 5.11 Å². The molecule has 0 spiro atoms. The van der Waals surface area contributed by atoms with Crippen LogP contribution in [0.3, 0.4) is 0 Å². The van der Waals surface area contributed by atoms with E-state index in [1.807, 2.05) is 7.11 Å². The Balaban J connectivity index is 1.42. The number of ether oxygens (including phenoxy) is 1. The fourth-order valence-corrected chi connectivity index (χ4v) is 9.50. The molecule has 2 heteroatoms. The van der Waals surface area contributed by atoms with Crippen LogP contribution in [0.1, 0.15) is 88.3 Å². The largest absolute Gasteiger partial charge is 0.390 e. The van der Waals surface area contributed by atoms with Crippen LogP contribution in [0.5, 0.6) is 0 Å². The lowest BCUT2D eigenvalue weighted by Crippen LogP contribution is -2.58. The molecular formula is C31H46O2. The van der Waals surface area contributed by atoms with Gasteiger partial charge in [-0.25, -0.2) is 0 Å². The van der Waals surface area contributed by atoms with E-state index in [0.29, 0.717) is 17.3 Å². The molecule has 0 saturated heterocycles. The first kappa shape index (κ1) is 23.6. The molecule has 0 amide bonds. The lowest BCUT2D eigenvalue weighted by molar-refractivity contribution is -0.173. The summed E-state index contributed by atoms with van der Waals surface area (Å²) >= 11 is 0. The normalized spacial score (nSPS) is 44.6. The Hall–Kier alpha value is -1.12. The fraction of sp³-hybridized carbons (Fsp3) is 0.742.